The maximum absolute atomic E-state index is 10.5. The van der Waals surface area contributed by atoms with E-state index in [9.17, 15) is 5.11 Å². The summed E-state index contributed by atoms with van der Waals surface area (Å²) in [5.41, 5.74) is 1.17. The highest BCUT2D eigenvalue weighted by atomic mass is 35.5. The van der Waals surface area contributed by atoms with Crippen LogP contribution >= 0.6 is 22.9 Å². The fourth-order valence-corrected chi connectivity index (χ4v) is 4.02. The maximum Gasteiger partial charge on any atom is 0.144 e. The number of hydrogen-bond acceptors (Lipinski definition) is 4. The number of benzene rings is 1. The van der Waals surface area contributed by atoms with Gasteiger partial charge in [-0.05, 0) is 63.2 Å². The normalized spacial score (nSPS) is 11.9. The van der Waals surface area contributed by atoms with Gasteiger partial charge in [-0.2, -0.15) is 5.10 Å². The molecule has 0 aliphatic heterocycles. The third-order valence-corrected chi connectivity index (χ3v) is 5.70. The second-order valence-corrected chi connectivity index (χ2v) is 8.40. The molecular weight excluding hydrogens is 380 g/mol. The minimum absolute atomic E-state index is 0.584. The lowest BCUT2D eigenvalue weighted by Gasteiger charge is -2.13. The van der Waals surface area contributed by atoms with Gasteiger partial charge in [-0.1, -0.05) is 23.7 Å². The van der Waals surface area contributed by atoms with Crippen LogP contribution in [0.5, 0.6) is 0 Å². The average Bonchev–Trinajstić information content (AvgIpc) is 3.32. The summed E-state index contributed by atoms with van der Waals surface area (Å²) in [7, 11) is 0. The Morgan fingerprint density at radius 3 is 2.48 bits per heavy atom. The summed E-state index contributed by atoms with van der Waals surface area (Å²) < 4.78 is 7.53. The molecule has 1 aromatic carbocycles. The number of nitrogens with zero attached hydrogens (tertiary/aromatic N) is 2. The van der Waals surface area contributed by atoms with Crippen molar-refractivity contribution in [2.24, 2.45) is 0 Å². The molecule has 0 unspecified atom stereocenters. The Morgan fingerprint density at radius 1 is 1.07 bits per heavy atom. The topological polar surface area (TPSA) is 51.2 Å². The van der Waals surface area contributed by atoms with E-state index in [0.29, 0.717) is 10.7 Å². The molecule has 0 amide bonds. The number of thiophene rings is 1. The summed E-state index contributed by atoms with van der Waals surface area (Å²) in [5, 5.41) is 15.7. The van der Waals surface area contributed by atoms with Gasteiger partial charge in [0.1, 0.15) is 17.1 Å². The molecule has 3 heterocycles. The molecule has 0 saturated heterocycles. The van der Waals surface area contributed by atoms with E-state index in [1.807, 2.05) is 61.5 Å². The summed E-state index contributed by atoms with van der Waals surface area (Å²) >= 11 is 8.02. The second-order valence-electron chi connectivity index (χ2n) is 6.91. The monoisotopic (exact) mass is 398 g/mol. The molecule has 3 aromatic heterocycles. The Balaban J connectivity index is 1.86. The van der Waals surface area contributed by atoms with E-state index in [4.69, 9.17) is 16.0 Å². The summed E-state index contributed by atoms with van der Waals surface area (Å²) in [5.74, 6) is 1.72. The molecule has 0 radical (unpaired) electrons. The lowest BCUT2D eigenvalue weighted by molar-refractivity contribution is 0.0734. The number of aromatic nitrogens is 2. The number of rotatable bonds is 4. The van der Waals surface area contributed by atoms with Crippen LogP contribution in [0.15, 0.2) is 59.0 Å². The van der Waals surface area contributed by atoms with Gasteiger partial charge in [0.25, 0.3) is 0 Å². The fourth-order valence-electron chi connectivity index (χ4n) is 2.84. The van der Waals surface area contributed by atoms with E-state index in [1.54, 1.807) is 29.9 Å². The van der Waals surface area contributed by atoms with Crippen molar-refractivity contribution in [1.82, 2.24) is 9.78 Å². The highest BCUT2D eigenvalue weighted by Crippen LogP contribution is 2.38. The van der Waals surface area contributed by atoms with Gasteiger partial charge in [-0.3, -0.25) is 0 Å². The van der Waals surface area contributed by atoms with Crippen LogP contribution in [0.2, 0.25) is 5.02 Å². The van der Waals surface area contributed by atoms with Crippen molar-refractivity contribution < 1.29 is 9.52 Å². The van der Waals surface area contributed by atoms with Crippen LogP contribution in [0.4, 0.5) is 0 Å². The summed E-state index contributed by atoms with van der Waals surface area (Å²) in [6.07, 6.45) is 0. The van der Waals surface area contributed by atoms with Crippen LogP contribution in [0.3, 0.4) is 0 Å². The molecule has 4 rings (SSSR count). The molecule has 4 nitrogen and oxygen atoms in total. The molecule has 0 spiro atoms. The van der Waals surface area contributed by atoms with E-state index in [-0.39, 0.29) is 0 Å². The molecular formula is C21H19ClN2O2S. The first-order chi connectivity index (χ1) is 12.8. The van der Waals surface area contributed by atoms with Gasteiger partial charge in [0, 0.05) is 0 Å². The van der Waals surface area contributed by atoms with Gasteiger partial charge in [0.2, 0.25) is 0 Å². The fraction of sp³-hybridized carbons (Fsp3) is 0.190. The SMILES string of the molecule is Cc1ccc(-c2ccc(-c3cc(C(C)(C)O)nn3-c3ccccc3Cl)s2)o1. The van der Waals surface area contributed by atoms with Crippen molar-refractivity contribution >= 4 is 22.9 Å². The number of aryl methyl sites for hydroxylation is 1. The maximum atomic E-state index is 10.5. The van der Waals surface area contributed by atoms with Crippen LogP contribution in [-0.2, 0) is 5.60 Å². The Hall–Kier alpha value is -2.34. The lowest BCUT2D eigenvalue weighted by atomic mass is 10.1. The largest absolute Gasteiger partial charge is 0.461 e. The van der Waals surface area contributed by atoms with Gasteiger partial charge in [-0.15, -0.1) is 11.3 Å². The second kappa shape index (κ2) is 6.68. The number of aliphatic hydroxyl groups is 1. The van der Waals surface area contributed by atoms with E-state index in [0.717, 1.165) is 32.7 Å². The van der Waals surface area contributed by atoms with Gasteiger partial charge in [0.05, 0.1) is 31.9 Å². The quantitative estimate of drug-likeness (QED) is 0.455. The van der Waals surface area contributed by atoms with E-state index in [1.165, 1.54) is 0 Å². The molecule has 0 bridgehead atoms. The average molecular weight is 399 g/mol. The van der Waals surface area contributed by atoms with Crippen LogP contribution in [0, 0.1) is 6.92 Å². The molecule has 4 aromatic rings. The van der Waals surface area contributed by atoms with Gasteiger partial charge < -0.3 is 9.52 Å². The van der Waals surface area contributed by atoms with Gasteiger partial charge in [0.15, 0.2) is 0 Å². The van der Waals surface area contributed by atoms with Crippen molar-refractivity contribution in [3.8, 4) is 26.9 Å². The molecule has 0 fully saturated rings. The smallest absolute Gasteiger partial charge is 0.144 e. The molecule has 0 aliphatic rings. The minimum Gasteiger partial charge on any atom is -0.461 e. The first-order valence-electron chi connectivity index (χ1n) is 8.58. The van der Waals surface area contributed by atoms with Crippen molar-refractivity contribution in [2.75, 3.05) is 0 Å². The summed E-state index contributed by atoms with van der Waals surface area (Å²) in [6.45, 7) is 5.38. The molecule has 0 aliphatic carbocycles. The van der Waals surface area contributed by atoms with E-state index >= 15 is 0 Å². The highest BCUT2D eigenvalue weighted by molar-refractivity contribution is 7.18. The number of furan rings is 1. The van der Waals surface area contributed by atoms with E-state index < -0.39 is 5.60 Å². The molecule has 1 N–H and O–H groups in total. The molecule has 6 heteroatoms. The highest BCUT2D eigenvalue weighted by Gasteiger charge is 2.24. The zero-order chi connectivity index (χ0) is 19.2. The molecule has 27 heavy (non-hydrogen) atoms. The summed E-state index contributed by atoms with van der Waals surface area (Å²) in [4.78, 5) is 2.05. The molecule has 0 atom stereocenters. The predicted molar refractivity (Wildman–Crippen MR) is 110 cm³/mol. The van der Waals surface area contributed by atoms with Crippen LogP contribution in [-0.4, -0.2) is 14.9 Å². The first kappa shape index (κ1) is 18.0. The lowest BCUT2D eigenvalue weighted by Crippen LogP contribution is -2.16. The Labute approximate surface area is 166 Å². The van der Waals surface area contributed by atoms with Crippen LogP contribution in [0.1, 0.15) is 25.3 Å². The molecule has 0 saturated carbocycles. The number of halogens is 1. The number of hydrogen-bond donors (Lipinski definition) is 1. The van der Waals surface area contributed by atoms with Gasteiger partial charge in [-0.25, -0.2) is 4.68 Å². The predicted octanol–water partition coefficient (Wildman–Crippen LogP) is 6.05. The van der Waals surface area contributed by atoms with Crippen molar-refractivity contribution in [3.05, 3.63) is 71.1 Å². The number of para-hydroxylation sites is 1. The Kier molecular flexibility index (Phi) is 4.46. The Bertz CT molecular complexity index is 1100. The standard InChI is InChI=1S/C21H19ClN2O2S/c1-13-8-9-17(26-13)19-11-10-18(27-19)16-12-20(21(2,3)25)23-24(16)15-7-5-4-6-14(15)22/h4-12,25H,1-3H3. The third-order valence-electron chi connectivity index (χ3n) is 4.26. The third kappa shape index (κ3) is 3.46. The van der Waals surface area contributed by atoms with Crippen molar-refractivity contribution in [1.29, 1.82) is 0 Å². The zero-order valence-electron chi connectivity index (χ0n) is 15.2. The van der Waals surface area contributed by atoms with Crippen molar-refractivity contribution in [2.45, 2.75) is 26.4 Å². The zero-order valence-corrected chi connectivity index (χ0v) is 16.8. The first-order valence-corrected chi connectivity index (χ1v) is 9.77. The van der Waals surface area contributed by atoms with Gasteiger partial charge >= 0.3 is 0 Å². The molecule has 138 valence electrons. The van der Waals surface area contributed by atoms with Crippen LogP contribution < -0.4 is 0 Å². The van der Waals surface area contributed by atoms with E-state index in [2.05, 4.69) is 5.10 Å². The van der Waals surface area contributed by atoms with Crippen LogP contribution in [0.25, 0.3) is 26.9 Å². The summed E-state index contributed by atoms with van der Waals surface area (Å²) in [6, 6.07) is 17.5. The Morgan fingerprint density at radius 2 is 1.81 bits per heavy atom. The van der Waals surface area contributed by atoms with Crippen molar-refractivity contribution in [3.63, 3.8) is 0 Å². The minimum atomic E-state index is -1.06.